The molecule has 0 aliphatic rings. The van der Waals surface area contributed by atoms with E-state index in [2.05, 4.69) is 15.5 Å². The van der Waals surface area contributed by atoms with Crippen LogP contribution < -0.4 is 5.32 Å². The lowest BCUT2D eigenvalue weighted by atomic mass is 10.3. The minimum Gasteiger partial charge on any atom is -0.390 e. The molecule has 18 heavy (non-hydrogen) atoms. The van der Waals surface area contributed by atoms with Crippen LogP contribution in [0.3, 0.4) is 0 Å². The molecule has 0 amide bonds. The molecule has 1 unspecified atom stereocenters. The van der Waals surface area contributed by atoms with Gasteiger partial charge in [0.1, 0.15) is 0 Å². The van der Waals surface area contributed by atoms with Crippen LogP contribution in [-0.2, 0) is 13.1 Å². The number of rotatable bonds is 7. The first-order chi connectivity index (χ1) is 8.74. The van der Waals surface area contributed by atoms with E-state index in [1.807, 2.05) is 36.3 Å². The zero-order valence-electron chi connectivity index (χ0n) is 10.5. The fourth-order valence-electron chi connectivity index (χ4n) is 1.74. The molecule has 1 atom stereocenters. The summed E-state index contributed by atoms with van der Waals surface area (Å²) in [4.78, 5) is 0. The average molecular weight is 249 g/mol. The molecule has 0 aliphatic carbocycles. The molecule has 0 fully saturated rings. The summed E-state index contributed by atoms with van der Waals surface area (Å²) < 4.78 is 3.62. The highest BCUT2D eigenvalue weighted by molar-refractivity contribution is 4.99. The molecule has 2 aromatic rings. The lowest BCUT2D eigenvalue weighted by Gasteiger charge is -2.11. The number of nitrogens with one attached hydrogen (secondary N) is 1. The van der Waals surface area contributed by atoms with Crippen LogP contribution in [0.4, 0.5) is 0 Å². The second-order valence-corrected chi connectivity index (χ2v) is 4.37. The van der Waals surface area contributed by atoms with Crippen LogP contribution >= 0.6 is 0 Å². The van der Waals surface area contributed by atoms with Crippen LogP contribution in [0.1, 0.15) is 5.56 Å². The maximum Gasteiger partial charge on any atom is 0.0860 e. The van der Waals surface area contributed by atoms with Gasteiger partial charge in [-0.3, -0.25) is 9.36 Å². The van der Waals surface area contributed by atoms with Crippen molar-refractivity contribution in [2.45, 2.75) is 26.1 Å². The molecule has 0 radical (unpaired) electrons. The lowest BCUT2D eigenvalue weighted by molar-refractivity contribution is 0.146. The second-order valence-electron chi connectivity index (χ2n) is 4.37. The summed E-state index contributed by atoms with van der Waals surface area (Å²) in [5, 5.41) is 21.2. The topological polar surface area (TPSA) is 67.9 Å². The van der Waals surface area contributed by atoms with Crippen molar-refractivity contribution in [2.75, 3.05) is 13.1 Å². The molecule has 0 aliphatic heterocycles. The van der Waals surface area contributed by atoms with E-state index >= 15 is 0 Å². The van der Waals surface area contributed by atoms with Crippen molar-refractivity contribution >= 4 is 0 Å². The van der Waals surface area contributed by atoms with E-state index in [9.17, 15) is 5.11 Å². The van der Waals surface area contributed by atoms with Crippen LogP contribution in [-0.4, -0.2) is 43.9 Å². The zero-order chi connectivity index (χ0) is 12.8. The first-order valence-corrected chi connectivity index (χ1v) is 6.09. The number of aliphatic hydroxyl groups is 1. The molecule has 98 valence electrons. The predicted octanol–water partition coefficient (Wildman–Crippen LogP) is 0.0387. The normalized spacial score (nSPS) is 12.8. The van der Waals surface area contributed by atoms with Crippen molar-refractivity contribution in [3.63, 3.8) is 0 Å². The molecule has 2 rings (SSSR count). The van der Waals surface area contributed by atoms with Crippen molar-refractivity contribution in [2.24, 2.45) is 0 Å². The third-order valence-electron chi connectivity index (χ3n) is 2.62. The predicted molar refractivity (Wildman–Crippen MR) is 68.1 cm³/mol. The first kappa shape index (κ1) is 12.8. The minimum atomic E-state index is -0.427. The maximum atomic E-state index is 9.78. The molecule has 0 spiro atoms. The van der Waals surface area contributed by atoms with Gasteiger partial charge in [0.15, 0.2) is 0 Å². The van der Waals surface area contributed by atoms with Gasteiger partial charge in [-0.05, 0) is 18.6 Å². The summed E-state index contributed by atoms with van der Waals surface area (Å²) in [5.74, 6) is 0. The fraction of sp³-hybridized carbons (Fsp3) is 0.500. The van der Waals surface area contributed by atoms with Crippen LogP contribution in [0, 0.1) is 6.92 Å². The first-order valence-electron chi connectivity index (χ1n) is 6.09. The third-order valence-corrected chi connectivity index (χ3v) is 2.62. The molecular formula is C12H19N5O. The van der Waals surface area contributed by atoms with Crippen LogP contribution in [0.15, 0.2) is 30.9 Å². The Morgan fingerprint density at radius 2 is 2.28 bits per heavy atom. The van der Waals surface area contributed by atoms with Gasteiger partial charge in [0.05, 0.1) is 25.4 Å². The number of hydrogen-bond donors (Lipinski definition) is 2. The van der Waals surface area contributed by atoms with E-state index in [-0.39, 0.29) is 0 Å². The van der Waals surface area contributed by atoms with Gasteiger partial charge in [-0.25, -0.2) is 0 Å². The molecule has 6 heteroatoms. The van der Waals surface area contributed by atoms with E-state index in [0.717, 1.165) is 18.7 Å². The second kappa shape index (κ2) is 6.32. The monoisotopic (exact) mass is 249 g/mol. The van der Waals surface area contributed by atoms with Gasteiger partial charge in [-0.1, -0.05) is 0 Å². The maximum absolute atomic E-state index is 9.78. The molecule has 2 N–H and O–H groups in total. The summed E-state index contributed by atoms with van der Waals surface area (Å²) >= 11 is 0. The SMILES string of the molecule is Cc1cnn(CCNCC(O)Cn2cccn2)c1. The third kappa shape index (κ3) is 3.97. The summed E-state index contributed by atoms with van der Waals surface area (Å²) in [6.45, 7) is 4.69. The number of aryl methyl sites for hydroxylation is 1. The molecule has 2 heterocycles. The molecule has 0 aromatic carbocycles. The summed E-state index contributed by atoms with van der Waals surface area (Å²) in [6.07, 6.45) is 6.97. The van der Waals surface area contributed by atoms with E-state index in [4.69, 9.17) is 0 Å². The highest BCUT2D eigenvalue weighted by Crippen LogP contribution is 1.93. The highest BCUT2D eigenvalue weighted by atomic mass is 16.3. The van der Waals surface area contributed by atoms with Crippen molar-refractivity contribution in [1.29, 1.82) is 0 Å². The number of hydrogen-bond acceptors (Lipinski definition) is 4. The Morgan fingerprint density at radius 3 is 2.94 bits per heavy atom. The van der Waals surface area contributed by atoms with E-state index < -0.39 is 6.10 Å². The van der Waals surface area contributed by atoms with Gasteiger partial charge in [-0.15, -0.1) is 0 Å². The molecule has 0 bridgehead atoms. The number of nitrogens with zero attached hydrogens (tertiary/aromatic N) is 4. The highest BCUT2D eigenvalue weighted by Gasteiger charge is 2.04. The molecule has 2 aromatic heterocycles. The van der Waals surface area contributed by atoms with Gasteiger partial charge in [0, 0.05) is 31.7 Å². The zero-order valence-corrected chi connectivity index (χ0v) is 10.5. The van der Waals surface area contributed by atoms with E-state index in [0.29, 0.717) is 13.1 Å². The largest absolute Gasteiger partial charge is 0.390 e. The Labute approximate surface area is 106 Å². The smallest absolute Gasteiger partial charge is 0.0860 e. The quantitative estimate of drug-likeness (QED) is 0.680. The van der Waals surface area contributed by atoms with Crippen molar-refractivity contribution < 1.29 is 5.11 Å². The Morgan fingerprint density at radius 1 is 1.39 bits per heavy atom. The van der Waals surface area contributed by atoms with Crippen molar-refractivity contribution in [3.8, 4) is 0 Å². The van der Waals surface area contributed by atoms with Crippen LogP contribution in [0.25, 0.3) is 0 Å². The van der Waals surface area contributed by atoms with Gasteiger partial charge in [-0.2, -0.15) is 10.2 Å². The Kier molecular flexibility index (Phi) is 4.49. The van der Waals surface area contributed by atoms with Gasteiger partial charge < -0.3 is 10.4 Å². The van der Waals surface area contributed by atoms with Crippen LogP contribution in [0.5, 0.6) is 0 Å². The standard InChI is InChI=1S/C12H19N5O/c1-11-7-15-17(9-11)6-4-13-8-12(18)10-16-5-2-3-14-16/h2-3,5,7,9,12-13,18H,4,6,8,10H2,1H3. The Bertz CT molecular complexity index is 451. The summed E-state index contributed by atoms with van der Waals surface area (Å²) in [5.41, 5.74) is 1.16. The molecule has 0 saturated carbocycles. The van der Waals surface area contributed by atoms with Crippen molar-refractivity contribution in [3.05, 3.63) is 36.4 Å². The van der Waals surface area contributed by atoms with Crippen molar-refractivity contribution in [1.82, 2.24) is 24.9 Å². The number of aromatic nitrogens is 4. The van der Waals surface area contributed by atoms with E-state index in [1.54, 1.807) is 10.9 Å². The summed E-state index contributed by atoms with van der Waals surface area (Å²) in [6, 6.07) is 1.85. The minimum absolute atomic E-state index is 0.427. The van der Waals surface area contributed by atoms with E-state index in [1.165, 1.54) is 0 Å². The molecular weight excluding hydrogens is 230 g/mol. The Hall–Kier alpha value is -1.66. The fourth-order valence-corrected chi connectivity index (χ4v) is 1.74. The Balaban J connectivity index is 1.60. The van der Waals surface area contributed by atoms with Crippen LogP contribution in [0.2, 0.25) is 0 Å². The molecule has 6 nitrogen and oxygen atoms in total. The van der Waals surface area contributed by atoms with Gasteiger partial charge in [0.25, 0.3) is 0 Å². The molecule has 0 saturated heterocycles. The number of aliphatic hydroxyl groups excluding tert-OH is 1. The average Bonchev–Trinajstić information content (AvgIpc) is 2.96. The summed E-state index contributed by atoms with van der Waals surface area (Å²) in [7, 11) is 0. The van der Waals surface area contributed by atoms with Gasteiger partial charge >= 0.3 is 0 Å². The van der Waals surface area contributed by atoms with Gasteiger partial charge in [0.2, 0.25) is 0 Å². The lowest BCUT2D eigenvalue weighted by Crippen LogP contribution is -2.32.